The van der Waals surface area contributed by atoms with Crippen LogP contribution >= 0.6 is 24.0 Å². The Labute approximate surface area is 138 Å². The molecule has 3 nitrogen and oxygen atoms in total. The third-order valence-electron chi connectivity index (χ3n) is 4.34. The highest BCUT2D eigenvalue weighted by Gasteiger charge is 2.38. The van der Waals surface area contributed by atoms with Crippen molar-refractivity contribution >= 4 is 29.9 Å². The molecule has 2 aliphatic carbocycles. The average molecular weight is 385 g/mol. The lowest BCUT2D eigenvalue weighted by Gasteiger charge is -2.11. The van der Waals surface area contributed by atoms with Crippen LogP contribution in [0.15, 0.2) is 35.3 Å². The zero-order valence-electron chi connectivity index (χ0n) is 12.2. The molecule has 0 bridgehead atoms. The van der Waals surface area contributed by atoms with Gasteiger partial charge in [-0.05, 0) is 36.2 Å². The lowest BCUT2D eigenvalue weighted by atomic mass is 10.1. The Morgan fingerprint density at radius 2 is 1.95 bits per heavy atom. The van der Waals surface area contributed by atoms with Gasteiger partial charge in [-0.3, -0.25) is 4.99 Å². The van der Waals surface area contributed by atoms with Crippen LogP contribution in [-0.4, -0.2) is 25.6 Å². The van der Waals surface area contributed by atoms with E-state index in [0.29, 0.717) is 6.04 Å². The molecule has 2 aliphatic rings. The van der Waals surface area contributed by atoms with Crippen LogP contribution in [0, 0.1) is 11.8 Å². The van der Waals surface area contributed by atoms with Gasteiger partial charge in [-0.25, -0.2) is 0 Å². The minimum atomic E-state index is 0. The SMILES string of the molecule is CN=C(NCC1CC1c1ccccc1)NC1CC1C.I. The Bertz CT molecular complexity index is 460. The highest BCUT2D eigenvalue weighted by atomic mass is 127. The molecule has 3 rings (SSSR count). The molecule has 20 heavy (non-hydrogen) atoms. The van der Waals surface area contributed by atoms with Crippen molar-refractivity contribution in [3.8, 4) is 0 Å². The van der Waals surface area contributed by atoms with Gasteiger partial charge in [0, 0.05) is 19.6 Å². The summed E-state index contributed by atoms with van der Waals surface area (Å²) in [4.78, 5) is 4.29. The van der Waals surface area contributed by atoms with Gasteiger partial charge in [0.05, 0.1) is 0 Å². The van der Waals surface area contributed by atoms with Gasteiger partial charge < -0.3 is 10.6 Å². The molecule has 0 radical (unpaired) electrons. The summed E-state index contributed by atoms with van der Waals surface area (Å²) in [5, 5.41) is 6.93. The highest BCUT2D eigenvalue weighted by Crippen LogP contribution is 2.46. The number of hydrogen-bond acceptors (Lipinski definition) is 1. The van der Waals surface area contributed by atoms with Crippen LogP contribution in [0.3, 0.4) is 0 Å². The molecule has 4 atom stereocenters. The second-order valence-electron chi connectivity index (χ2n) is 5.93. The molecular formula is C16H24IN3. The van der Waals surface area contributed by atoms with E-state index in [1.165, 1.54) is 18.4 Å². The predicted octanol–water partition coefficient (Wildman–Crippen LogP) is 2.98. The van der Waals surface area contributed by atoms with Crippen molar-refractivity contribution in [3.63, 3.8) is 0 Å². The third-order valence-corrected chi connectivity index (χ3v) is 4.34. The number of guanidine groups is 1. The summed E-state index contributed by atoms with van der Waals surface area (Å²) in [6.45, 7) is 3.30. The van der Waals surface area contributed by atoms with E-state index in [4.69, 9.17) is 0 Å². The standard InChI is InChI=1S/C16H23N3.HI/c1-11-8-15(11)19-16(17-2)18-10-13-9-14(13)12-6-4-3-5-7-12;/h3-7,11,13-15H,8-10H2,1-2H3,(H2,17,18,19);1H. The molecule has 0 spiro atoms. The van der Waals surface area contributed by atoms with Gasteiger partial charge in [0.25, 0.3) is 0 Å². The maximum atomic E-state index is 4.29. The fourth-order valence-electron chi connectivity index (χ4n) is 2.70. The molecule has 0 heterocycles. The van der Waals surface area contributed by atoms with Crippen LogP contribution in [-0.2, 0) is 0 Å². The second kappa shape index (κ2) is 6.78. The lowest BCUT2D eigenvalue weighted by molar-refractivity contribution is 0.708. The molecule has 4 heteroatoms. The minimum Gasteiger partial charge on any atom is -0.356 e. The summed E-state index contributed by atoms with van der Waals surface area (Å²) in [7, 11) is 1.85. The van der Waals surface area contributed by atoms with Gasteiger partial charge in [-0.15, -0.1) is 24.0 Å². The summed E-state index contributed by atoms with van der Waals surface area (Å²) in [6.07, 6.45) is 2.57. The van der Waals surface area contributed by atoms with Gasteiger partial charge in [0.15, 0.2) is 5.96 Å². The number of benzene rings is 1. The normalized spacial score (nSPS) is 31.2. The van der Waals surface area contributed by atoms with Gasteiger partial charge in [-0.2, -0.15) is 0 Å². The van der Waals surface area contributed by atoms with Crippen molar-refractivity contribution in [2.75, 3.05) is 13.6 Å². The van der Waals surface area contributed by atoms with Crippen molar-refractivity contribution in [2.45, 2.75) is 31.7 Å². The summed E-state index contributed by atoms with van der Waals surface area (Å²) in [5.74, 6) is 3.27. The van der Waals surface area contributed by atoms with Crippen molar-refractivity contribution in [2.24, 2.45) is 16.8 Å². The fourth-order valence-corrected chi connectivity index (χ4v) is 2.70. The second-order valence-corrected chi connectivity index (χ2v) is 5.93. The highest BCUT2D eigenvalue weighted by molar-refractivity contribution is 14.0. The Kier molecular flexibility index (Phi) is 5.29. The Balaban J connectivity index is 0.00000147. The molecule has 2 fully saturated rings. The number of nitrogens with zero attached hydrogens (tertiary/aromatic N) is 1. The first-order valence-electron chi connectivity index (χ1n) is 7.30. The van der Waals surface area contributed by atoms with Crippen LogP contribution in [0.25, 0.3) is 0 Å². The largest absolute Gasteiger partial charge is 0.356 e. The smallest absolute Gasteiger partial charge is 0.191 e. The molecule has 0 aromatic heterocycles. The van der Waals surface area contributed by atoms with Gasteiger partial charge in [0.1, 0.15) is 0 Å². The molecule has 2 N–H and O–H groups in total. The van der Waals surface area contributed by atoms with E-state index in [0.717, 1.165) is 30.3 Å². The van der Waals surface area contributed by atoms with Crippen LogP contribution < -0.4 is 10.6 Å². The van der Waals surface area contributed by atoms with Gasteiger partial charge in [-0.1, -0.05) is 37.3 Å². The summed E-state index contributed by atoms with van der Waals surface area (Å²) in [6, 6.07) is 11.5. The van der Waals surface area contributed by atoms with E-state index >= 15 is 0 Å². The molecule has 1 aromatic rings. The predicted molar refractivity (Wildman–Crippen MR) is 94.8 cm³/mol. The maximum Gasteiger partial charge on any atom is 0.191 e. The van der Waals surface area contributed by atoms with E-state index in [2.05, 4.69) is 52.9 Å². The Morgan fingerprint density at radius 1 is 1.25 bits per heavy atom. The fraction of sp³-hybridized carbons (Fsp3) is 0.562. The van der Waals surface area contributed by atoms with Gasteiger partial charge >= 0.3 is 0 Å². The maximum absolute atomic E-state index is 4.29. The molecule has 0 amide bonds. The first-order chi connectivity index (χ1) is 9.28. The number of aliphatic imine (C=N–C) groups is 1. The minimum absolute atomic E-state index is 0. The Morgan fingerprint density at radius 3 is 2.55 bits per heavy atom. The molecule has 2 saturated carbocycles. The zero-order chi connectivity index (χ0) is 13.2. The average Bonchev–Trinajstić information content (AvgIpc) is 3.34. The molecule has 4 unspecified atom stereocenters. The topological polar surface area (TPSA) is 36.4 Å². The van der Waals surface area contributed by atoms with Crippen molar-refractivity contribution < 1.29 is 0 Å². The number of rotatable bonds is 4. The van der Waals surface area contributed by atoms with E-state index in [-0.39, 0.29) is 24.0 Å². The number of hydrogen-bond donors (Lipinski definition) is 2. The first kappa shape index (κ1) is 15.6. The van der Waals surface area contributed by atoms with E-state index in [9.17, 15) is 0 Å². The first-order valence-corrected chi connectivity index (χ1v) is 7.30. The quantitative estimate of drug-likeness (QED) is 0.475. The molecular weight excluding hydrogens is 361 g/mol. The third kappa shape index (κ3) is 3.87. The van der Waals surface area contributed by atoms with E-state index in [1.54, 1.807) is 0 Å². The summed E-state index contributed by atoms with van der Waals surface area (Å²) >= 11 is 0. The molecule has 110 valence electrons. The summed E-state index contributed by atoms with van der Waals surface area (Å²) < 4.78 is 0. The van der Waals surface area contributed by atoms with Gasteiger partial charge in [0.2, 0.25) is 0 Å². The monoisotopic (exact) mass is 385 g/mol. The van der Waals surface area contributed by atoms with Crippen LogP contribution in [0.5, 0.6) is 0 Å². The van der Waals surface area contributed by atoms with Crippen LogP contribution in [0.2, 0.25) is 0 Å². The molecule has 0 aliphatic heterocycles. The van der Waals surface area contributed by atoms with Crippen molar-refractivity contribution in [1.29, 1.82) is 0 Å². The molecule has 1 aromatic carbocycles. The zero-order valence-corrected chi connectivity index (χ0v) is 14.5. The van der Waals surface area contributed by atoms with Crippen molar-refractivity contribution in [1.82, 2.24) is 10.6 Å². The van der Waals surface area contributed by atoms with Crippen LogP contribution in [0.1, 0.15) is 31.2 Å². The Hall–Kier alpha value is -0.780. The van der Waals surface area contributed by atoms with Crippen LogP contribution in [0.4, 0.5) is 0 Å². The number of halogens is 1. The van der Waals surface area contributed by atoms with E-state index < -0.39 is 0 Å². The summed E-state index contributed by atoms with van der Waals surface area (Å²) in [5.41, 5.74) is 1.48. The van der Waals surface area contributed by atoms with Crippen molar-refractivity contribution in [3.05, 3.63) is 35.9 Å². The molecule has 0 saturated heterocycles. The lowest BCUT2D eigenvalue weighted by Crippen LogP contribution is -2.40. The number of nitrogens with one attached hydrogen (secondary N) is 2. The van der Waals surface area contributed by atoms with E-state index in [1.807, 2.05) is 7.05 Å².